The van der Waals surface area contributed by atoms with Crippen LogP contribution in [0.3, 0.4) is 0 Å². The molecule has 2 heterocycles. The van der Waals surface area contributed by atoms with Gasteiger partial charge >= 0.3 is 12.2 Å². The van der Waals surface area contributed by atoms with Crippen molar-refractivity contribution in [2.75, 3.05) is 10.6 Å². The first-order valence-electron chi connectivity index (χ1n) is 10.7. The fraction of sp³-hybridized carbons (Fsp3) is 0.217. The minimum atomic E-state index is -0.859. The van der Waals surface area contributed by atoms with Crippen molar-refractivity contribution < 1.29 is 18.4 Å². The van der Waals surface area contributed by atoms with Crippen LogP contribution in [0.2, 0.25) is 0 Å². The highest BCUT2D eigenvalue weighted by atomic mass is 19.1. The van der Waals surface area contributed by atoms with Crippen molar-refractivity contribution in [2.45, 2.75) is 31.8 Å². The Kier molecular flexibility index (Phi) is 5.68. The fourth-order valence-corrected chi connectivity index (χ4v) is 3.55. The minimum absolute atomic E-state index is 0.0792. The van der Waals surface area contributed by atoms with E-state index in [2.05, 4.69) is 37.7 Å². The molecular weight excluding hydrogens is 443 g/mol. The van der Waals surface area contributed by atoms with E-state index in [0.29, 0.717) is 16.5 Å². The maximum atomic E-state index is 14.4. The quantitative estimate of drug-likeness (QED) is 0.320. The number of halogens is 1. The third kappa shape index (κ3) is 4.59. The summed E-state index contributed by atoms with van der Waals surface area (Å²) in [6.45, 7) is 2.24. The highest BCUT2D eigenvalue weighted by Crippen LogP contribution is 2.26. The molecule has 1 atom stereocenters. The first-order valence-corrected chi connectivity index (χ1v) is 10.7. The van der Waals surface area contributed by atoms with Gasteiger partial charge < -0.3 is 25.2 Å². The third-order valence-electron chi connectivity index (χ3n) is 5.43. The Labute approximate surface area is 192 Å². The van der Waals surface area contributed by atoms with Gasteiger partial charge in [0.2, 0.25) is 5.95 Å². The summed E-state index contributed by atoms with van der Waals surface area (Å²) < 4.78 is 20.1. The minimum Gasteiger partial charge on any atom is -0.405 e. The molecule has 34 heavy (non-hydrogen) atoms. The Morgan fingerprint density at radius 3 is 2.68 bits per heavy atom. The molecule has 4 aromatic rings. The summed E-state index contributed by atoms with van der Waals surface area (Å²) in [4.78, 5) is 35.3. The van der Waals surface area contributed by atoms with E-state index in [0.717, 1.165) is 11.9 Å². The Balaban J connectivity index is 1.33. The van der Waals surface area contributed by atoms with Crippen LogP contribution in [0, 0.1) is 5.82 Å². The van der Waals surface area contributed by atoms with Gasteiger partial charge in [-0.3, -0.25) is 4.79 Å². The van der Waals surface area contributed by atoms with E-state index < -0.39 is 11.6 Å². The molecule has 5 rings (SSSR count). The Morgan fingerprint density at radius 1 is 1.18 bits per heavy atom. The number of nitrogens with one attached hydrogen (secondary N) is 3. The zero-order valence-electron chi connectivity index (χ0n) is 18.1. The molecule has 0 aliphatic heterocycles. The molecule has 10 nitrogen and oxygen atoms in total. The summed E-state index contributed by atoms with van der Waals surface area (Å²) in [5.41, 5.74) is 2.72. The second kappa shape index (κ2) is 8.94. The smallest absolute Gasteiger partial charge is 0.405 e. The first-order chi connectivity index (χ1) is 16.5. The molecule has 1 aliphatic rings. The van der Waals surface area contributed by atoms with Gasteiger partial charge in [-0.15, -0.1) is 0 Å². The number of hydrogen-bond acceptors (Lipinski definition) is 9. The van der Waals surface area contributed by atoms with E-state index in [1.165, 1.54) is 30.5 Å². The number of nitrogens with zero attached hydrogens (tertiary/aromatic N) is 3. The lowest BCUT2D eigenvalue weighted by Crippen LogP contribution is -2.21. The summed E-state index contributed by atoms with van der Waals surface area (Å²) in [6.07, 6.45) is 3.50. The molecule has 0 bridgehead atoms. The van der Waals surface area contributed by atoms with Gasteiger partial charge in [0.15, 0.2) is 17.2 Å². The van der Waals surface area contributed by atoms with Gasteiger partial charge in [0.25, 0.3) is 0 Å². The number of hydrogen-bond donors (Lipinski definition) is 3. The molecule has 0 radical (unpaired) electrons. The molecular formula is C23H21FN6O4. The van der Waals surface area contributed by atoms with Crippen LogP contribution in [0.4, 0.5) is 27.5 Å². The molecule has 0 amide bonds. The fourth-order valence-electron chi connectivity index (χ4n) is 3.55. The van der Waals surface area contributed by atoms with Crippen molar-refractivity contribution in [2.24, 2.45) is 0 Å². The van der Waals surface area contributed by atoms with E-state index in [1.807, 2.05) is 24.3 Å². The molecule has 0 spiro atoms. The van der Waals surface area contributed by atoms with Crippen LogP contribution in [-0.4, -0.2) is 27.2 Å². The Hall–Kier alpha value is -4.25. The summed E-state index contributed by atoms with van der Waals surface area (Å²) in [7, 11) is 0. The van der Waals surface area contributed by atoms with Gasteiger partial charge in [-0.05, 0) is 55.7 Å². The van der Waals surface area contributed by atoms with Gasteiger partial charge in [0.05, 0.1) is 6.20 Å². The number of rotatable bonds is 9. The molecule has 2 aromatic carbocycles. The number of carbonyl (C=O) groups excluding carboxylic acids is 1. The van der Waals surface area contributed by atoms with Crippen molar-refractivity contribution in [1.29, 1.82) is 0 Å². The van der Waals surface area contributed by atoms with Crippen molar-refractivity contribution in [3.05, 3.63) is 70.6 Å². The average Bonchev–Trinajstić information content (AvgIpc) is 3.59. The van der Waals surface area contributed by atoms with Crippen LogP contribution >= 0.6 is 0 Å². The molecule has 174 valence electrons. The van der Waals surface area contributed by atoms with E-state index in [4.69, 9.17) is 4.42 Å². The highest BCUT2D eigenvalue weighted by Gasteiger charge is 2.23. The molecule has 1 saturated carbocycles. The molecule has 0 saturated heterocycles. The Morgan fingerprint density at radius 2 is 1.94 bits per heavy atom. The number of aromatic nitrogens is 3. The predicted molar refractivity (Wildman–Crippen MR) is 123 cm³/mol. The number of fused-ring (bicyclic) bond motifs is 1. The normalized spacial score (nSPS) is 14.1. The van der Waals surface area contributed by atoms with E-state index in [-0.39, 0.29) is 35.4 Å². The first kappa shape index (κ1) is 21.6. The van der Waals surface area contributed by atoms with Gasteiger partial charge in [0, 0.05) is 23.5 Å². The molecule has 1 fully saturated rings. The molecule has 1 unspecified atom stereocenters. The van der Waals surface area contributed by atoms with Crippen LogP contribution < -0.4 is 26.5 Å². The third-order valence-corrected chi connectivity index (χ3v) is 5.43. The van der Waals surface area contributed by atoms with Gasteiger partial charge in [0.1, 0.15) is 5.52 Å². The summed E-state index contributed by atoms with van der Waals surface area (Å²) in [5.74, 6) is -1.41. The standard InChI is InChI=1S/C23H21FN6O4/c1-13(26-15-6-7-15)14-2-4-16(5-3-14)28-22-25-11-18(24)21(29-22)27-17-8-9-20-19(10-17)30(33-12-31)23(32)34-20/h2-5,8-13,15,26H,6-7H2,1H3,(H2,25,27,28,29). The number of oxazole rings is 1. The van der Waals surface area contributed by atoms with Crippen LogP contribution in [0.5, 0.6) is 0 Å². The predicted octanol–water partition coefficient (Wildman–Crippen LogP) is 3.41. The summed E-state index contributed by atoms with van der Waals surface area (Å²) in [6, 6.07) is 13.3. The molecule has 2 aromatic heterocycles. The number of benzene rings is 2. The Bertz CT molecular complexity index is 1400. The van der Waals surface area contributed by atoms with Crippen molar-refractivity contribution in [3.8, 4) is 0 Å². The maximum Gasteiger partial charge on any atom is 0.453 e. The van der Waals surface area contributed by atoms with Gasteiger partial charge in [-0.1, -0.05) is 16.9 Å². The zero-order valence-corrected chi connectivity index (χ0v) is 18.1. The van der Waals surface area contributed by atoms with E-state index in [1.54, 1.807) is 6.07 Å². The van der Waals surface area contributed by atoms with Gasteiger partial charge in [-0.2, -0.15) is 4.98 Å². The second-order valence-corrected chi connectivity index (χ2v) is 7.97. The van der Waals surface area contributed by atoms with Crippen LogP contribution in [0.25, 0.3) is 11.1 Å². The van der Waals surface area contributed by atoms with Gasteiger partial charge in [-0.25, -0.2) is 14.2 Å². The largest absolute Gasteiger partial charge is 0.453 e. The lowest BCUT2D eigenvalue weighted by Gasteiger charge is -2.14. The lowest BCUT2D eigenvalue weighted by molar-refractivity contribution is -0.129. The molecule has 11 heteroatoms. The summed E-state index contributed by atoms with van der Waals surface area (Å²) >= 11 is 0. The van der Waals surface area contributed by atoms with Crippen LogP contribution in [-0.2, 0) is 4.79 Å². The SMILES string of the molecule is CC(NC1CC1)c1ccc(Nc2ncc(F)c(Nc3ccc4oc(=O)n(OC=O)c4c3)n2)cc1. The average molecular weight is 464 g/mol. The lowest BCUT2D eigenvalue weighted by atomic mass is 10.1. The maximum absolute atomic E-state index is 14.4. The highest BCUT2D eigenvalue weighted by molar-refractivity contribution is 5.79. The van der Waals surface area contributed by atoms with Crippen molar-refractivity contribution in [3.63, 3.8) is 0 Å². The van der Waals surface area contributed by atoms with Crippen LogP contribution in [0.15, 0.2) is 57.9 Å². The van der Waals surface area contributed by atoms with Crippen LogP contribution in [0.1, 0.15) is 31.4 Å². The summed E-state index contributed by atoms with van der Waals surface area (Å²) in [5, 5.41) is 9.46. The van der Waals surface area contributed by atoms with E-state index >= 15 is 0 Å². The van der Waals surface area contributed by atoms with Crippen molar-refractivity contribution in [1.82, 2.24) is 20.0 Å². The second-order valence-electron chi connectivity index (χ2n) is 7.97. The zero-order chi connectivity index (χ0) is 23.7. The molecule has 3 N–H and O–H groups in total. The number of carbonyl (C=O) groups is 1. The topological polar surface area (TPSA) is 123 Å². The molecule has 1 aliphatic carbocycles. The van der Waals surface area contributed by atoms with E-state index in [9.17, 15) is 14.0 Å². The monoisotopic (exact) mass is 464 g/mol. The number of anilines is 4. The van der Waals surface area contributed by atoms with Crippen molar-refractivity contribution >= 4 is 40.7 Å².